The van der Waals surface area contributed by atoms with E-state index in [2.05, 4.69) is 27.2 Å². The molecule has 1 N–H and O–H groups in total. The van der Waals surface area contributed by atoms with Crippen molar-refractivity contribution in [3.05, 3.63) is 105 Å². The van der Waals surface area contributed by atoms with Crippen LogP contribution in [-0.4, -0.2) is 28.2 Å². The first-order valence-corrected chi connectivity index (χ1v) is 10.8. The number of hydrogen-bond donors (Lipinski definition) is 1. The molecule has 172 valence electrons. The topological polar surface area (TPSA) is 98.8 Å². The molecule has 1 heterocycles. The molecule has 9 heteroatoms. The van der Waals surface area contributed by atoms with Crippen LogP contribution in [0.15, 0.2) is 77.9 Å². The van der Waals surface area contributed by atoms with E-state index in [1.165, 1.54) is 23.8 Å². The lowest BCUT2D eigenvalue weighted by Crippen LogP contribution is -2.24. The Balaban J connectivity index is 1.47. The summed E-state index contributed by atoms with van der Waals surface area (Å²) in [5.41, 5.74) is 6.24. The summed E-state index contributed by atoms with van der Waals surface area (Å²) in [6, 6.07) is 22.1. The number of para-hydroxylation sites is 1. The van der Waals surface area contributed by atoms with Gasteiger partial charge in [-0.15, -0.1) is 0 Å². The molecule has 0 aliphatic heterocycles. The summed E-state index contributed by atoms with van der Waals surface area (Å²) in [6.45, 7) is 2.28. The first kappa shape index (κ1) is 23.0. The van der Waals surface area contributed by atoms with Crippen LogP contribution < -0.4 is 10.2 Å². The Hall–Kier alpha value is -4.17. The van der Waals surface area contributed by atoms with E-state index in [9.17, 15) is 14.9 Å². The van der Waals surface area contributed by atoms with Gasteiger partial charge >= 0.3 is 5.69 Å². The molecule has 0 atom stereocenters. The maximum Gasteiger partial charge on any atom is 0.312 e. The van der Waals surface area contributed by atoms with Crippen LogP contribution in [0.1, 0.15) is 16.8 Å². The largest absolute Gasteiger partial charge is 0.477 e. The van der Waals surface area contributed by atoms with E-state index >= 15 is 0 Å². The molecule has 0 fully saturated rings. The first-order valence-electron chi connectivity index (χ1n) is 10.4. The van der Waals surface area contributed by atoms with Crippen LogP contribution >= 0.6 is 11.6 Å². The number of hydrazone groups is 1. The highest BCUT2D eigenvalue weighted by Gasteiger charge is 2.17. The number of carbonyl (C=O) groups excluding carboxylic acids is 1. The number of amides is 1. The molecule has 34 heavy (non-hydrogen) atoms. The molecule has 0 aliphatic rings. The second kappa shape index (κ2) is 10.2. The highest BCUT2D eigenvalue weighted by atomic mass is 35.5. The minimum atomic E-state index is -0.620. The van der Waals surface area contributed by atoms with Crippen molar-refractivity contribution in [2.24, 2.45) is 5.10 Å². The molecule has 0 saturated carbocycles. The van der Waals surface area contributed by atoms with Crippen LogP contribution in [-0.2, 0) is 11.3 Å². The Bertz CT molecular complexity index is 1380. The van der Waals surface area contributed by atoms with Crippen molar-refractivity contribution in [1.82, 2.24) is 9.99 Å². The number of carbonyl (C=O) groups is 1. The lowest BCUT2D eigenvalue weighted by Gasteiger charge is -2.08. The first-order chi connectivity index (χ1) is 16.4. The van der Waals surface area contributed by atoms with Crippen molar-refractivity contribution in [2.45, 2.75) is 13.5 Å². The van der Waals surface area contributed by atoms with Gasteiger partial charge in [0, 0.05) is 39.8 Å². The Morgan fingerprint density at radius 3 is 2.65 bits per heavy atom. The van der Waals surface area contributed by atoms with Gasteiger partial charge < -0.3 is 9.30 Å². The maximum absolute atomic E-state index is 12.2. The maximum atomic E-state index is 12.2. The minimum Gasteiger partial charge on any atom is -0.477 e. The van der Waals surface area contributed by atoms with Crippen molar-refractivity contribution in [1.29, 1.82) is 0 Å². The average molecular weight is 477 g/mol. The van der Waals surface area contributed by atoms with Gasteiger partial charge in [0.15, 0.2) is 12.4 Å². The Labute approximate surface area is 200 Å². The molecule has 4 rings (SSSR count). The van der Waals surface area contributed by atoms with Crippen molar-refractivity contribution in [2.75, 3.05) is 6.61 Å². The predicted molar refractivity (Wildman–Crippen MR) is 132 cm³/mol. The molecule has 0 aliphatic carbocycles. The van der Waals surface area contributed by atoms with Crippen LogP contribution in [0.3, 0.4) is 0 Å². The molecule has 0 radical (unpaired) electrons. The van der Waals surface area contributed by atoms with Gasteiger partial charge in [-0.1, -0.05) is 60.1 Å². The fraction of sp³-hybridized carbons (Fsp3) is 0.120. The van der Waals surface area contributed by atoms with Gasteiger partial charge in [0.05, 0.1) is 11.1 Å². The summed E-state index contributed by atoms with van der Waals surface area (Å²) >= 11 is 5.79. The SMILES string of the molecule is Cc1c(/C=N/NC(=O)COc2ccc(Cl)cc2[N+](=O)[O-])c2ccccc2n1Cc1ccccc1. The average Bonchev–Trinajstić information content (AvgIpc) is 3.10. The Morgan fingerprint density at radius 1 is 1.15 bits per heavy atom. The second-order valence-electron chi connectivity index (χ2n) is 7.54. The quantitative estimate of drug-likeness (QED) is 0.217. The fourth-order valence-electron chi connectivity index (χ4n) is 3.69. The van der Waals surface area contributed by atoms with Gasteiger partial charge in [0.2, 0.25) is 0 Å². The molecule has 0 unspecified atom stereocenters. The minimum absolute atomic E-state index is 0.0478. The smallest absolute Gasteiger partial charge is 0.312 e. The van der Waals surface area contributed by atoms with Gasteiger partial charge in [0.1, 0.15) is 0 Å². The van der Waals surface area contributed by atoms with Gasteiger partial charge in [-0.3, -0.25) is 14.9 Å². The molecule has 1 amide bonds. The highest BCUT2D eigenvalue weighted by molar-refractivity contribution is 6.30. The van der Waals surface area contributed by atoms with Gasteiger partial charge in [-0.25, -0.2) is 5.43 Å². The molecule has 0 saturated heterocycles. The zero-order valence-electron chi connectivity index (χ0n) is 18.3. The summed E-state index contributed by atoms with van der Waals surface area (Å²) in [5, 5.41) is 16.4. The molecule has 0 bridgehead atoms. The van der Waals surface area contributed by atoms with Gasteiger partial charge in [-0.2, -0.15) is 5.10 Å². The van der Waals surface area contributed by atoms with Crippen LogP contribution in [0.25, 0.3) is 10.9 Å². The third kappa shape index (κ3) is 5.07. The summed E-state index contributed by atoms with van der Waals surface area (Å²) in [5.74, 6) is -0.598. The van der Waals surface area contributed by atoms with Gasteiger partial charge in [-0.05, 0) is 30.7 Å². The van der Waals surface area contributed by atoms with Crippen molar-refractivity contribution in [3.63, 3.8) is 0 Å². The molecule has 0 spiro atoms. The lowest BCUT2D eigenvalue weighted by molar-refractivity contribution is -0.385. The number of hydrogen-bond acceptors (Lipinski definition) is 5. The molecule has 4 aromatic rings. The van der Waals surface area contributed by atoms with E-state index in [0.717, 1.165) is 22.2 Å². The van der Waals surface area contributed by atoms with Gasteiger partial charge in [0.25, 0.3) is 5.91 Å². The number of halogens is 1. The Kier molecular flexibility index (Phi) is 6.89. The summed E-state index contributed by atoms with van der Waals surface area (Å²) in [7, 11) is 0. The van der Waals surface area contributed by atoms with E-state index in [4.69, 9.17) is 16.3 Å². The highest BCUT2D eigenvalue weighted by Crippen LogP contribution is 2.30. The van der Waals surface area contributed by atoms with Crippen LogP contribution in [0, 0.1) is 17.0 Å². The second-order valence-corrected chi connectivity index (χ2v) is 7.98. The summed E-state index contributed by atoms with van der Waals surface area (Å²) in [6.07, 6.45) is 1.60. The lowest BCUT2D eigenvalue weighted by atomic mass is 10.1. The number of nitrogens with zero attached hydrogens (tertiary/aromatic N) is 3. The third-order valence-electron chi connectivity index (χ3n) is 5.32. The van der Waals surface area contributed by atoms with E-state index in [0.29, 0.717) is 6.54 Å². The van der Waals surface area contributed by atoms with Crippen LogP contribution in [0.2, 0.25) is 5.02 Å². The number of nitrogens with one attached hydrogen (secondary N) is 1. The number of fused-ring (bicyclic) bond motifs is 1. The normalized spacial score (nSPS) is 11.1. The van der Waals surface area contributed by atoms with E-state index in [-0.39, 0.29) is 16.5 Å². The zero-order chi connectivity index (χ0) is 24.1. The standard InChI is InChI=1S/C25H21ClN4O4/c1-17-21(20-9-5-6-10-22(20)29(17)15-18-7-3-2-4-8-18)14-27-28-25(31)16-34-24-12-11-19(26)13-23(24)30(32)33/h2-14H,15-16H2,1H3,(H,28,31)/b27-14+. The number of nitro groups is 1. The molecule has 3 aromatic carbocycles. The van der Waals surface area contributed by atoms with Crippen molar-refractivity contribution < 1.29 is 14.5 Å². The molecular weight excluding hydrogens is 456 g/mol. The number of rotatable bonds is 8. The summed E-state index contributed by atoms with van der Waals surface area (Å²) < 4.78 is 7.50. The molecule has 8 nitrogen and oxygen atoms in total. The third-order valence-corrected chi connectivity index (χ3v) is 5.56. The fourth-order valence-corrected chi connectivity index (χ4v) is 3.86. The van der Waals surface area contributed by atoms with Crippen LogP contribution in [0.5, 0.6) is 5.75 Å². The number of ether oxygens (including phenoxy) is 1. The zero-order valence-corrected chi connectivity index (χ0v) is 19.0. The number of aromatic nitrogens is 1. The van der Waals surface area contributed by atoms with E-state index in [1.807, 2.05) is 49.4 Å². The van der Waals surface area contributed by atoms with E-state index < -0.39 is 17.4 Å². The molecule has 1 aromatic heterocycles. The van der Waals surface area contributed by atoms with Crippen LogP contribution in [0.4, 0.5) is 5.69 Å². The van der Waals surface area contributed by atoms with E-state index in [1.54, 1.807) is 6.21 Å². The summed E-state index contributed by atoms with van der Waals surface area (Å²) in [4.78, 5) is 22.7. The van der Waals surface area contributed by atoms with Crippen molar-refractivity contribution in [3.8, 4) is 5.75 Å². The number of nitro benzene ring substituents is 1. The Morgan fingerprint density at radius 2 is 1.88 bits per heavy atom. The van der Waals surface area contributed by atoms with Crippen molar-refractivity contribution >= 4 is 40.3 Å². The predicted octanol–water partition coefficient (Wildman–Crippen LogP) is 5.09. The molecular formula is C25H21ClN4O4. The number of benzene rings is 3. The monoisotopic (exact) mass is 476 g/mol.